The van der Waals surface area contributed by atoms with E-state index in [1.807, 2.05) is 18.7 Å². The average molecular weight is 519 g/mol. The maximum atomic E-state index is 12.9. The van der Waals surface area contributed by atoms with Gasteiger partial charge in [0.25, 0.3) is 5.91 Å². The predicted molar refractivity (Wildman–Crippen MR) is 135 cm³/mol. The molecule has 0 aliphatic carbocycles. The quantitative estimate of drug-likeness (QED) is 0.459. The van der Waals surface area contributed by atoms with E-state index in [0.29, 0.717) is 30.8 Å². The number of anilines is 1. The molecule has 1 fully saturated rings. The number of amides is 2. The van der Waals surface area contributed by atoms with E-state index in [1.54, 1.807) is 24.3 Å². The molecule has 192 valence electrons. The molecule has 1 atom stereocenters. The lowest BCUT2D eigenvalue weighted by Gasteiger charge is -2.34. The van der Waals surface area contributed by atoms with Gasteiger partial charge in [0.05, 0.1) is 21.7 Å². The normalized spacial score (nSPS) is 16.2. The first-order valence-corrected chi connectivity index (χ1v) is 12.9. The zero-order chi connectivity index (χ0) is 25.9. The van der Waals surface area contributed by atoms with E-state index < -0.39 is 11.7 Å². The van der Waals surface area contributed by atoms with E-state index in [0.717, 1.165) is 46.9 Å². The summed E-state index contributed by atoms with van der Waals surface area (Å²) in [6.07, 6.45) is -2.65. The van der Waals surface area contributed by atoms with Crippen LogP contribution in [0.25, 0.3) is 10.2 Å². The molecular formula is C26H29F3N4O2S. The van der Waals surface area contributed by atoms with Crippen molar-refractivity contribution < 1.29 is 22.8 Å². The van der Waals surface area contributed by atoms with Gasteiger partial charge >= 0.3 is 6.18 Å². The van der Waals surface area contributed by atoms with Crippen LogP contribution in [0, 0.1) is 5.92 Å². The van der Waals surface area contributed by atoms with Crippen LogP contribution >= 0.6 is 11.3 Å². The fraction of sp³-hybridized carbons (Fsp3) is 0.423. The number of carbonyl (C=O) groups excluding carboxylic acids is 2. The minimum atomic E-state index is -4.43. The Morgan fingerprint density at radius 2 is 1.94 bits per heavy atom. The van der Waals surface area contributed by atoms with Gasteiger partial charge in [-0.3, -0.25) is 9.59 Å². The molecule has 6 nitrogen and oxygen atoms in total. The summed E-state index contributed by atoms with van der Waals surface area (Å²) in [6.45, 7) is 6.82. The molecule has 1 unspecified atom stereocenters. The Morgan fingerprint density at radius 1 is 1.17 bits per heavy atom. The van der Waals surface area contributed by atoms with Crippen molar-refractivity contribution in [2.24, 2.45) is 5.92 Å². The van der Waals surface area contributed by atoms with Crippen molar-refractivity contribution in [3.8, 4) is 0 Å². The summed E-state index contributed by atoms with van der Waals surface area (Å²) in [4.78, 5) is 34.3. The first kappa shape index (κ1) is 25.9. The van der Waals surface area contributed by atoms with Crippen LogP contribution in [0.1, 0.15) is 48.2 Å². The van der Waals surface area contributed by atoms with Gasteiger partial charge in [-0.25, -0.2) is 4.98 Å². The number of halogens is 3. The summed E-state index contributed by atoms with van der Waals surface area (Å²) in [5, 5.41) is 3.52. The monoisotopic (exact) mass is 518 g/mol. The van der Waals surface area contributed by atoms with Crippen molar-refractivity contribution in [2.45, 2.75) is 39.4 Å². The highest BCUT2D eigenvalue weighted by atomic mass is 32.1. The Labute approximate surface area is 212 Å². The molecule has 2 amide bonds. The number of rotatable bonds is 7. The lowest BCUT2D eigenvalue weighted by molar-refractivity contribution is -0.137. The third-order valence-corrected chi connectivity index (χ3v) is 7.54. The minimum Gasteiger partial charge on any atom is -0.348 e. The summed E-state index contributed by atoms with van der Waals surface area (Å²) < 4.78 is 39.6. The van der Waals surface area contributed by atoms with Crippen LogP contribution in [0.3, 0.4) is 0 Å². The number of carbonyl (C=O) groups is 2. The summed E-state index contributed by atoms with van der Waals surface area (Å²) in [5.41, 5.74) is 0.810. The van der Waals surface area contributed by atoms with Gasteiger partial charge in [0, 0.05) is 38.3 Å². The second kappa shape index (κ2) is 10.9. The van der Waals surface area contributed by atoms with Crippen molar-refractivity contribution in [3.63, 3.8) is 0 Å². The van der Waals surface area contributed by atoms with Gasteiger partial charge in [-0.15, -0.1) is 0 Å². The first-order chi connectivity index (χ1) is 17.2. The van der Waals surface area contributed by atoms with Gasteiger partial charge in [-0.05, 0) is 62.6 Å². The molecule has 1 saturated heterocycles. The number of nitrogens with zero attached hydrogens (tertiary/aromatic N) is 3. The zero-order valence-corrected chi connectivity index (χ0v) is 21.1. The Morgan fingerprint density at radius 3 is 2.67 bits per heavy atom. The number of piperidine rings is 1. The molecular weight excluding hydrogens is 489 g/mol. The highest BCUT2D eigenvalue weighted by Gasteiger charge is 2.31. The Balaban J connectivity index is 1.44. The van der Waals surface area contributed by atoms with Crippen LogP contribution in [0.2, 0.25) is 0 Å². The van der Waals surface area contributed by atoms with Crippen LogP contribution in [-0.2, 0) is 17.5 Å². The zero-order valence-electron chi connectivity index (χ0n) is 20.3. The summed E-state index contributed by atoms with van der Waals surface area (Å²) in [7, 11) is 0. The lowest BCUT2D eigenvalue weighted by atomic mass is 9.97. The second-order valence-electron chi connectivity index (χ2n) is 8.86. The third kappa shape index (κ3) is 5.80. The molecule has 36 heavy (non-hydrogen) atoms. The highest BCUT2D eigenvalue weighted by Crippen LogP contribution is 2.33. The van der Waals surface area contributed by atoms with E-state index in [1.165, 1.54) is 17.4 Å². The lowest BCUT2D eigenvalue weighted by Crippen LogP contribution is -2.44. The summed E-state index contributed by atoms with van der Waals surface area (Å²) in [6, 6.07) is 10.1. The number of fused-ring (bicyclic) bond motifs is 1. The molecule has 3 aromatic rings. The molecule has 10 heteroatoms. The molecule has 0 bridgehead atoms. The fourth-order valence-corrected chi connectivity index (χ4v) is 5.52. The number of nitrogens with one attached hydrogen (secondary N) is 1. The third-order valence-electron chi connectivity index (χ3n) is 6.46. The van der Waals surface area contributed by atoms with E-state index in [4.69, 9.17) is 4.98 Å². The average Bonchev–Trinajstić information content (AvgIpc) is 3.31. The van der Waals surface area contributed by atoms with Crippen molar-refractivity contribution in [1.82, 2.24) is 15.2 Å². The number of thiazole rings is 1. The van der Waals surface area contributed by atoms with Crippen LogP contribution in [0.5, 0.6) is 0 Å². The number of aromatic nitrogens is 1. The number of hydrogen-bond acceptors (Lipinski definition) is 5. The van der Waals surface area contributed by atoms with Crippen LogP contribution in [0.4, 0.5) is 18.3 Å². The van der Waals surface area contributed by atoms with Gasteiger partial charge in [0.15, 0.2) is 5.13 Å². The van der Waals surface area contributed by atoms with E-state index in [2.05, 4.69) is 10.2 Å². The van der Waals surface area contributed by atoms with E-state index in [-0.39, 0.29) is 24.3 Å². The fourth-order valence-electron chi connectivity index (χ4n) is 4.48. The topological polar surface area (TPSA) is 65.5 Å². The minimum absolute atomic E-state index is 0.00946. The van der Waals surface area contributed by atoms with Gasteiger partial charge in [-0.1, -0.05) is 23.5 Å². The standard InChI is InChI=1S/C26H29F3N4O2S/c1-3-32(4-2)24(35)19-8-6-12-33(16-19)25-31-21-11-10-18(14-22(21)36-25)23(34)30-15-17-7-5-9-20(13-17)26(27,28)29/h5,7,9-11,13-14,19H,3-4,6,8,12,15-16H2,1-2H3,(H,30,34). The van der Waals surface area contributed by atoms with E-state index >= 15 is 0 Å². The predicted octanol–water partition coefficient (Wildman–Crippen LogP) is 5.33. The molecule has 0 spiro atoms. The van der Waals surface area contributed by atoms with Crippen LogP contribution in [0.15, 0.2) is 42.5 Å². The smallest absolute Gasteiger partial charge is 0.348 e. The Kier molecular flexibility index (Phi) is 7.82. The highest BCUT2D eigenvalue weighted by molar-refractivity contribution is 7.22. The molecule has 2 aromatic carbocycles. The summed E-state index contributed by atoms with van der Waals surface area (Å²) in [5.74, 6) is -0.236. The maximum absolute atomic E-state index is 12.9. The van der Waals surface area contributed by atoms with Crippen molar-refractivity contribution in [2.75, 3.05) is 31.1 Å². The van der Waals surface area contributed by atoms with Crippen molar-refractivity contribution in [3.05, 3.63) is 59.2 Å². The number of benzene rings is 2. The first-order valence-electron chi connectivity index (χ1n) is 12.1. The molecule has 0 radical (unpaired) electrons. The van der Waals surface area contributed by atoms with Crippen molar-refractivity contribution >= 4 is 38.5 Å². The number of hydrogen-bond donors (Lipinski definition) is 1. The van der Waals surface area contributed by atoms with Crippen LogP contribution in [-0.4, -0.2) is 47.9 Å². The van der Waals surface area contributed by atoms with Gasteiger partial charge < -0.3 is 15.1 Å². The Hall–Kier alpha value is -3.14. The van der Waals surface area contributed by atoms with E-state index in [9.17, 15) is 22.8 Å². The largest absolute Gasteiger partial charge is 0.416 e. The molecule has 0 saturated carbocycles. The van der Waals surface area contributed by atoms with Crippen molar-refractivity contribution in [1.29, 1.82) is 0 Å². The maximum Gasteiger partial charge on any atom is 0.416 e. The molecule has 1 aromatic heterocycles. The second-order valence-corrected chi connectivity index (χ2v) is 9.86. The summed E-state index contributed by atoms with van der Waals surface area (Å²) >= 11 is 1.47. The van der Waals surface area contributed by atoms with Crippen LogP contribution < -0.4 is 10.2 Å². The molecule has 2 heterocycles. The SMILES string of the molecule is CCN(CC)C(=O)C1CCCN(c2nc3ccc(C(=O)NCc4cccc(C(F)(F)F)c4)cc3s2)C1. The molecule has 1 aliphatic heterocycles. The molecule has 1 N–H and O–H groups in total. The van der Waals surface area contributed by atoms with Gasteiger partial charge in [0.2, 0.25) is 5.91 Å². The molecule has 1 aliphatic rings. The molecule has 4 rings (SSSR count). The van der Waals surface area contributed by atoms with Gasteiger partial charge in [0.1, 0.15) is 0 Å². The Bertz CT molecular complexity index is 1240. The number of alkyl halides is 3. The van der Waals surface area contributed by atoms with Gasteiger partial charge in [-0.2, -0.15) is 13.2 Å².